The molecule has 162 valence electrons. The Kier molecular flexibility index (Phi) is 6.88. The number of H-pyrrole nitrogens is 1. The number of halogens is 1. The Hall–Kier alpha value is -2.31. The van der Waals surface area contributed by atoms with Gasteiger partial charge in [-0.15, -0.1) is 0 Å². The molecule has 0 bridgehead atoms. The molecule has 0 spiro atoms. The molecule has 1 aromatic heterocycles. The number of ether oxygens (including phenoxy) is 2. The molecule has 0 saturated carbocycles. The molecule has 1 atom stereocenters. The zero-order chi connectivity index (χ0) is 20.5. The van der Waals surface area contributed by atoms with Crippen LogP contribution in [0.4, 0.5) is 0 Å². The van der Waals surface area contributed by atoms with Crippen molar-refractivity contribution in [3.63, 3.8) is 0 Å². The van der Waals surface area contributed by atoms with E-state index in [2.05, 4.69) is 4.98 Å². The summed E-state index contributed by atoms with van der Waals surface area (Å²) in [4.78, 5) is 30.1. The summed E-state index contributed by atoms with van der Waals surface area (Å²) in [5.41, 5.74) is 3.54. The number of carbonyl (C=O) groups is 1. The van der Waals surface area contributed by atoms with Gasteiger partial charge in [-0.1, -0.05) is 25.1 Å². The lowest BCUT2D eigenvalue weighted by molar-refractivity contribution is 0.00741. The summed E-state index contributed by atoms with van der Waals surface area (Å²) in [6.45, 7) is 5.83. The fourth-order valence-electron chi connectivity index (χ4n) is 4.05. The van der Waals surface area contributed by atoms with Crippen molar-refractivity contribution in [2.45, 2.75) is 53.2 Å². The van der Waals surface area contributed by atoms with Gasteiger partial charge in [0.15, 0.2) is 0 Å². The SMILES string of the molecule is C.Cc1cc(C)c(CN2CCc3ccc(O[C@H]4CCCOC4)c(Cl)c3C2=O)c(=O)[nH]1. The number of carbonyl (C=O) groups excluding carboxylic acids is 1. The van der Waals surface area contributed by atoms with Crippen molar-refractivity contribution in [2.24, 2.45) is 0 Å². The number of nitrogens with zero attached hydrogens (tertiary/aromatic N) is 1. The van der Waals surface area contributed by atoms with E-state index < -0.39 is 0 Å². The first kappa shape index (κ1) is 22.4. The number of aryl methyl sites for hydroxylation is 2. The average Bonchev–Trinajstić information content (AvgIpc) is 2.69. The van der Waals surface area contributed by atoms with Gasteiger partial charge < -0.3 is 19.4 Å². The van der Waals surface area contributed by atoms with Crippen molar-refractivity contribution in [1.82, 2.24) is 9.88 Å². The number of fused-ring (bicyclic) bond motifs is 1. The lowest BCUT2D eigenvalue weighted by Crippen LogP contribution is -2.39. The highest BCUT2D eigenvalue weighted by Crippen LogP contribution is 2.35. The molecule has 0 unspecified atom stereocenters. The van der Waals surface area contributed by atoms with E-state index in [9.17, 15) is 9.59 Å². The average molecular weight is 433 g/mol. The van der Waals surface area contributed by atoms with Crippen molar-refractivity contribution in [1.29, 1.82) is 0 Å². The van der Waals surface area contributed by atoms with Crippen molar-refractivity contribution >= 4 is 17.5 Å². The summed E-state index contributed by atoms with van der Waals surface area (Å²) < 4.78 is 11.5. The zero-order valence-corrected chi connectivity index (χ0v) is 17.5. The Morgan fingerprint density at radius 1 is 1.30 bits per heavy atom. The zero-order valence-electron chi connectivity index (χ0n) is 16.7. The van der Waals surface area contributed by atoms with Crippen LogP contribution < -0.4 is 10.3 Å². The Balaban J connectivity index is 0.00000256. The van der Waals surface area contributed by atoms with Gasteiger partial charge in [-0.05, 0) is 56.4 Å². The van der Waals surface area contributed by atoms with Crippen LogP contribution in [0.1, 0.15) is 53.0 Å². The second-order valence-corrected chi connectivity index (χ2v) is 8.17. The number of rotatable bonds is 4. The molecular formula is C23H29ClN2O4. The molecule has 0 aliphatic carbocycles. The first-order valence-corrected chi connectivity index (χ1v) is 10.4. The first-order chi connectivity index (χ1) is 13.9. The van der Waals surface area contributed by atoms with Crippen LogP contribution in [0.15, 0.2) is 23.0 Å². The minimum atomic E-state index is -0.166. The summed E-state index contributed by atoms with van der Waals surface area (Å²) in [6.07, 6.45) is 2.49. The maximum absolute atomic E-state index is 13.2. The highest BCUT2D eigenvalue weighted by molar-refractivity contribution is 6.35. The van der Waals surface area contributed by atoms with E-state index in [1.165, 1.54) is 0 Å². The van der Waals surface area contributed by atoms with Crippen LogP contribution in [0.2, 0.25) is 5.02 Å². The number of amides is 1. The molecule has 2 aliphatic rings. The van der Waals surface area contributed by atoms with Crippen LogP contribution >= 0.6 is 11.6 Å². The summed E-state index contributed by atoms with van der Waals surface area (Å²) in [6, 6.07) is 5.68. The molecule has 1 fully saturated rings. The number of hydrogen-bond acceptors (Lipinski definition) is 4. The maximum atomic E-state index is 13.2. The van der Waals surface area contributed by atoms with Crippen LogP contribution in [0.25, 0.3) is 0 Å². The molecule has 1 amide bonds. The monoisotopic (exact) mass is 432 g/mol. The number of aromatic amines is 1. The fourth-order valence-corrected chi connectivity index (χ4v) is 4.36. The Morgan fingerprint density at radius 2 is 2.10 bits per heavy atom. The van der Waals surface area contributed by atoms with E-state index in [0.29, 0.717) is 41.5 Å². The topological polar surface area (TPSA) is 71.6 Å². The Labute approximate surface area is 182 Å². The summed E-state index contributed by atoms with van der Waals surface area (Å²) >= 11 is 6.61. The largest absolute Gasteiger partial charge is 0.486 e. The van der Waals surface area contributed by atoms with E-state index in [1.807, 2.05) is 32.0 Å². The summed E-state index contributed by atoms with van der Waals surface area (Å²) in [5.74, 6) is 0.349. The third-order valence-corrected chi connectivity index (χ3v) is 5.98. The number of benzene rings is 1. The highest BCUT2D eigenvalue weighted by atomic mass is 35.5. The van der Waals surface area contributed by atoms with Gasteiger partial charge in [0.05, 0.1) is 23.7 Å². The van der Waals surface area contributed by atoms with E-state index in [4.69, 9.17) is 21.1 Å². The van der Waals surface area contributed by atoms with Crippen molar-refractivity contribution in [3.8, 4) is 5.75 Å². The normalized spacial score (nSPS) is 18.6. The van der Waals surface area contributed by atoms with Gasteiger partial charge in [-0.25, -0.2) is 0 Å². The molecule has 4 rings (SSSR count). The van der Waals surface area contributed by atoms with Crippen LogP contribution in [-0.4, -0.2) is 41.7 Å². The Morgan fingerprint density at radius 3 is 2.80 bits per heavy atom. The van der Waals surface area contributed by atoms with Crippen molar-refractivity contribution < 1.29 is 14.3 Å². The minimum absolute atomic E-state index is 0. The van der Waals surface area contributed by atoms with Gasteiger partial charge in [0.25, 0.3) is 11.5 Å². The molecule has 1 saturated heterocycles. The standard InChI is InChI=1S/C22H25ClN2O4.CH4/c1-13-10-14(2)24-21(26)17(13)11-25-8-7-15-5-6-18(20(23)19(15)22(25)27)29-16-4-3-9-28-12-16;/h5-6,10,16H,3-4,7-9,11-12H2,1-2H3,(H,24,26);1H4/t16-;/m0./s1. The van der Waals surface area contributed by atoms with E-state index in [1.54, 1.807) is 4.90 Å². The van der Waals surface area contributed by atoms with Gasteiger partial charge in [0.1, 0.15) is 11.9 Å². The van der Waals surface area contributed by atoms with E-state index in [-0.39, 0.29) is 31.5 Å². The van der Waals surface area contributed by atoms with Gasteiger partial charge in [-0.2, -0.15) is 0 Å². The second-order valence-electron chi connectivity index (χ2n) is 7.79. The molecule has 2 aliphatic heterocycles. The van der Waals surface area contributed by atoms with Crippen molar-refractivity contribution in [3.05, 3.63) is 61.5 Å². The maximum Gasteiger partial charge on any atom is 0.256 e. The molecule has 0 radical (unpaired) electrons. The van der Waals surface area contributed by atoms with Gasteiger partial charge >= 0.3 is 0 Å². The summed E-state index contributed by atoms with van der Waals surface area (Å²) in [7, 11) is 0. The lowest BCUT2D eigenvalue weighted by Gasteiger charge is -2.30. The minimum Gasteiger partial charge on any atom is -0.486 e. The molecule has 7 heteroatoms. The van der Waals surface area contributed by atoms with Gasteiger partial charge in [-0.3, -0.25) is 9.59 Å². The van der Waals surface area contributed by atoms with E-state index in [0.717, 1.165) is 36.3 Å². The smallest absolute Gasteiger partial charge is 0.256 e. The van der Waals surface area contributed by atoms with Crippen LogP contribution in [0.3, 0.4) is 0 Å². The predicted molar refractivity (Wildman–Crippen MR) is 118 cm³/mol. The highest BCUT2D eigenvalue weighted by Gasteiger charge is 2.30. The second kappa shape index (κ2) is 9.23. The number of aromatic nitrogens is 1. The predicted octanol–water partition coefficient (Wildman–Crippen LogP) is 4.04. The van der Waals surface area contributed by atoms with Crippen LogP contribution in [0.5, 0.6) is 5.75 Å². The molecule has 30 heavy (non-hydrogen) atoms. The molecule has 2 aromatic rings. The quantitative estimate of drug-likeness (QED) is 0.791. The van der Waals surface area contributed by atoms with Crippen molar-refractivity contribution in [2.75, 3.05) is 19.8 Å². The number of hydrogen-bond donors (Lipinski definition) is 1. The first-order valence-electron chi connectivity index (χ1n) is 9.98. The van der Waals surface area contributed by atoms with Crippen LogP contribution in [0, 0.1) is 13.8 Å². The molecular weight excluding hydrogens is 404 g/mol. The number of nitrogens with one attached hydrogen (secondary N) is 1. The van der Waals surface area contributed by atoms with Gasteiger partial charge in [0.2, 0.25) is 0 Å². The third kappa shape index (κ3) is 4.40. The van der Waals surface area contributed by atoms with Crippen LogP contribution in [-0.2, 0) is 17.7 Å². The molecule has 1 aromatic carbocycles. The fraction of sp³-hybridized carbons (Fsp3) is 0.478. The lowest BCUT2D eigenvalue weighted by atomic mass is 9.97. The third-order valence-electron chi connectivity index (χ3n) is 5.60. The van der Waals surface area contributed by atoms with Gasteiger partial charge in [0, 0.05) is 24.4 Å². The molecule has 6 nitrogen and oxygen atoms in total. The van der Waals surface area contributed by atoms with E-state index >= 15 is 0 Å². The molecule has 3 heterocycles. The Bertz CT molecular complexity index is 995. The molecule has 1 N–H and O–H groups in total. The number of pyridine rings is 1. The summed E-state index contributed by atoms with van der Waals surface area (Å²) in [5, 5.41) is 0.345.